The van der Waals surface area contributed by atoms with Crippen LogP contribution in [0, 0.1) is 5.92 Å². The highest BCUT2D eigenvalue weighted by atomic mass is 16.5. The average Bonchev–Trinajstić information content (AvgIpc) is 2.33. The summed E-state index contributed by atoms with van der Waals surface area (Å²) < 4.78 is 10.5. The van der Waals surface area contributed by atoms with E-state index in [0.717, 1.165) is 32.0 Å². The number of rotatable bonds is 8. The molecule has 0 radical (unpaired) electrons. The van der Waals surface area contributed by atoms with E-state index in [1.165, 1.54) is 12.8 Å². The highest BCUT2D eigenvalue weighted by Gasteiger charge is 2.12. The molecule has 2 unspecified atom stereocenters. The summed E-state index contributed by atoms with van der Waals surface area (Å²) in [5.74, 6) is 0.748. The first kappa shape index (κ1) is 13.9. The highest BCUT2D eigenvalue weighted by molar-refractivity contribution is 4.68. The van der Waals surface area contributed by atoms with Crippen LogP contribution in [0.4, 0.5) is 0 Å². The molecule has 0 aromatic carbocycles. The minimum atomic E-state index is -0.482. The van der Waals surface area contributed by atoms with E-state index in [9.17, 15) is 5.11 Å². The standard InChI is InChI=1S/C12H25NO3/c1-2-15-9-12(14)10-16-7-5-11-4-3-6-13-8-11/h11-14H,2-10H2,1H3. The maximum absolute atomic E-state index is 9.45. The van der Waals surface area contributed by atoms with Crippen LogP contribution in [-0.4, -0.2) is 50.7 Å². The molecule has 4 nitrogen and oxygen atoms in total. The van der Waals surface area contributed by atoms with Crippen molar-refractivity contribution in [3.8, 4) is 0 Å². The number of aliphatic hydroxyl groups is 1. The van der Waals surface area contributed by atoms with Gasteiger partial charge in [0.05, 0.1) is 13.2 Å². The molecule has 16 heavy (non-hydrogen) atoms. The molecule has 2 atom stereocenters. The highest BCUT2D eigenvalue weighted by Crippen LogP contribution is 2.13. The van der Waals surface area contributed by atoms with Gasteiger partial charge in [0.15, 0.2) is 0 Å². The van der Waals surface area contributed by atoms with E-state index >= 15 is 0 Å². The molecule has 0 aromatic heterocycles. The molecule has 1 rings (SSSR count). The molecule has 1 aliphatic heterocycles. The Morgan fingerprint density at radius 3 is 2.88 bits per heavy atom. The summed E-state index contributed by atoms with van der Waals surface area (Å²) in [4.78, 5) is 0. The number of ether oxygens (including phenoxy) is 2. The molecule has 1 saturated heterocycles. The maximum Gasteiger partial charge on any atom is 0.101 e. The van der Waals surface area contributed by atoms with E-state index in [2.05, 4.69) is 5.32 Å². The summed E-state index contributed by atoms with van der Waals surface area (Å²) in [6.07, 6.45) is 3.19. The fourth-order valence-corrected chi connectivity index (χ4v) is 1.94. The largest absolute Gasteiger partial charge is 0.388 e. The third-order valence-electron chi connectivity index (χ3n) is 2.89. The number of aliphatic hydroxyl groups excluding tert-OH is 1. The van der Waals surface area contributed by atoms with Crippen molar-refractivity contribution in [3.63, 3.8) is 0 Å². The third kappa shape index (κ3) is 6.43. The summed E-state index contributed by atoms with van der Waals surface area (Å²) in [5, 5.41) is 12.8. The zero-order valence-electron chi connectivity index (χ0n) is 10.3. The Bertz CT molecular complexity index is 160. The summed E-state index contributed by atoms with van der Waals surface area (Å²) >= 11 is 0. The van der Waals surface area contributed by atoms with Crippen molar-refractivity contribution in [2.24, 2.45) is 5.92 Å². The van der Waals surface area contributed by atoms with E-state index in [-0.39, 0.29) is 0 Å². The van der Waals surface area contributed by atoms with Crippen LogP contribution in [0.2, 0.25) is 0 Å². The van der Waals surface area contributed by atoms with Gasteiger partial charge >= 0.3 is 0 Å². The first-order valence-electron chi connectivity index (χ1n) is 6.37. The molecule has 0 aromatic rings. The Labute approximate surface area is 98.3 Å². The van der Waals surface area contributed by atoms with Gasteiger partial charge in [-0.1, -0.05) is 0 Å². The van der Waals surface area contributed by atoms with E-state index in [1.807, 2.05) is 6.92 Å². The van der Waals surface area contributed by atoms with Crippen molar-refractivity contribution in [1.82, 2.24) is 5.32 Å². The van der Waals surface area contributed by atoms with Crippen molar-refractivity contribution >= 4 is 0 Å². The van der Waals surface area contributed by atoms with Crippen LogP contribution in [0.3, 0.4) is 0 Å². The molecule has 0 bridgehead atoms. The normalized spacial score (nSPS) is 23.2. The van der Waals surface area contributed by atoms with Crippen LogP contribution in [0.5, 0.6) is 0 Å². The summed E-state index contributed by atoms with van der Waals surface area (Å²) in [5.41, 5.74) is 0. The first-order valence-corrected chi connectivity index (χ1v) is 6.37. The smallest absolute Gasteiger partial charge is 0.101 e. The van der Waals surface area contributed by atoms with Gasteiger partial charge in [-0.15, -0.1) is 0 Å². The lowest BCUT2D eigenvalue weighted by Crippen LogP contribution is -2.30. The maximum atomic E-state index is 9.45. The van der Waals surface area contributed by atoms with Crippen molar-refractivity contribution in [1.29, 1.82) is 0 Å². The van der Waals surface area contributed by atoms with Crippen molar-refractivity contribution in [2.45, 2.75) is 32.3 Å². The lowest BCUT2D eigenvalue weighted by molar-refractivity contribution is -0.0188. The lowest BCUT2D eigenvalue weighted by Gasteiger charge is -2.22. The molecule has 1 aliphatic rings. The number of hydrogen-bond acceptors (Lipinski definition) is 4. The van der Waals surface area contributed by atoms with Gasteiger partial charge in [-0.2, -0.15) is 0 Å². The molecule has 0 aliphatic carbocycles. The Kier molecular flexibility index (Phi) is 7.76. The Hall–Kier alpha value is -0.160. The molecule has 1 heterocycles. The SMILES string of the molecule is CCOCC(O)COCCC1CCCNC1. The van der Waals surface area contributed by atoms with E-state index in [1.54, 1.807) is 0 Å². The first-order chi connectivity index (χ1) is 7.83. The fraction of sp³-hybridized carbons (Fsp3) is 1.00. The minimum Gasteiger partial charge on any atom is -0.388 e. The quantitative estimate of drug-likeness (QED) is 0.606. The van der Waals surface area contributed by atoms with Crippen LogP contribution in [0.25, 0.3) is 0 Å². The number of nitrogens with one attached hydrogen (secondary N) is 1. The van der Waals surface area contributed by atoms with Crippen molar-refractivity contribution < 1.29 is 14.6 Å². The zero-order chi connectivity index (χ0) is 11.6. The summed E-state index contributed by atoms with van der Waals surface area (Å²) in [6.45, 7) is 6.35. The zero-order valence-corrected chi connectivity index (χ0v) is 10.3. The summed E-state index contributed by atoms with van der Waals surface area (Å²) in [7, 11) is 0. The fourth-order valence-electron chi connectivity index (χ4n) is 1.94. The molecule has 0 saturated carbocycles. The Balaban J connectivity index is 1.90. The van der Waals surface area contributed by atoms with E-state index in [4.69, 9.17) is 9.47 Å². The third-order valence-corrected chi connectivity index (χ3v) is 2.89. The van der Waals surface area contributed by atoms with Gasteiger partial charge in [0.1, 0.15) is 6.10 Å². The van der Waals surface area contributed by atoms with Gasteiger partial charge in [0.25, 0.3) is 0 Å². The van der Waals surface area contributed by atoms with Crippen LogP contribution in [-0.2, 0) is 9.47 Å². The van der Waals surface area contributed by atoms with Crippen LogP contribution in [0.1, 0.15) is 26.2 Å². The van der Waals surface area contributed by atoms with E-state index < -0.39 is 6.10 Å². The van der Waals surface area contributed by atoms with E-state index in [0.29, 0.717) is 19.8 Å². The molecule has 2 N–H and O–H groups in total. The Morgan fingerprint density at radius 1 is 1.38 bits per heavy atom. The molecule has 1 fully saturated rings. The second-order valence-electron chi connectivity index (χ2n) is 4.39. The van der Waals surface area contributed by atoms with Crippen molar-refractivity contribution in [2.75, 3.05) is 39.5 Å². The Morgan fingerprint density at radius 2 is 2.19 bits per heavy atom. The minimum absolute atomic E-state index is 0.376. The average molecular weight is 231 g/mol. The van der Waals surface area contributed by atoms with Gasteiger partial charge in [-0.05, 0) is 45.2 Å². The second-order valence-corrected chi connectivity index (χ2v) is 4.39. The molecule has 4 heteroatoms. The van der Waals surface area contributed by atoms with Crippen LogP contribution in [0.15, 0.2) is 0 Å². The van der Waals surface area contributed by atoms with Gasteiger partial charge in [-0.3, -0.25) is 0 Å². The van der Waals surface area contributed by atoms with Crippen LogP contribution >= 0.6 is 0 Å². The summed E-state index contributed by atoms with van der Waals surface area (Å²) in [6, 6.07) is 0. The second kappa shape index (κ2) is 8.93. The van der Waals surface area contributed by atoms with Gasteiger partial charge in [-0.25, -0.2) is 0 Å². The van der Waals surface area contributed by atoms with Crippen molar-refractivity contribution in [3.05, 3.63) is 0 Å². The molecular weight excluding hydrogens is 206 g/mol. The van der Waals surface area contributed by atoms with Gasteiger partial charge in [0, 0.05) is 13.2 Å². The lowest BCUT2D eigenvalue weighted by atomic mass is 9.97. The molecular formula is C12H25NO3. The number of hydrogen-bond donors (Lipinski definition) is 2. The molecule has 0 spiro atoms. The van der Waals surface area contributed by atoms with Gasteiger partial charge in [0.2, 0.25) is 0 Å². The monoisotopic (exact) mass is 231 g/mol. The molecule has 0 amide bonds. The predicted molar refractivity (Wildman–Crippen MR) is 63.5 cm³/mol. The van der Waals surface area contributed by atoms with Gasteiger partial charge < -0.3 is 19.9 Å². The topological polar surface area (TPSA) is 50.7 Å². The predicted octanol–water partition coefficient (Wildman–Crippen LogP) is 0.790. The number of piperidine rings is 1. The molecule has 96 valence electrons. The van der Waals surface area contributed by atoms with Crippen LogP contribution < -0.4 is 5.32 Å².